The molecule has 0 N–H and O–H groups in total. The Hall–Kier alpha value is -1.85. The number of rotatable bonds is 2. The normalized spacial score (nSPS) is 10.7. The number of pyridine rings is 1. The van der Waals surface area contributed by atoms with Gasteiger partial charge in [0.2, 0.25) is 0 Å². The third-order valence-electron chi connectivity index (χ3n) is 4.45. The Morgan fingerprint density at radius 3 is 2.28 bits per heavy atom. The van der Waals surface area contributed by atoms with Crippen LogP contribution in [0.25, 0.3) is 27.7 Å². The van der Waals surface area contributed by atoms with Gasteiger partial charge < -0.3 is 28.5 Å². The van der Waals surface area contributed by atoms with E-state index in [-0.39, 0.29) is 24.0 Å². The SMILES string of the molecule is Cc1c(-c2ccccc2)c2cc(Cl)ccc2n1-c1cc[n+](C)cc1.[I-]. The van der Waals surface area contributed by atoms with Gasteiger partial charge in [-0.15, -0.1) is 0 Å². The first kappa shape index (κ1) is 18.0. The highest BCUT2D eigenvalue weighted by atomic mass is 127. The minimum atomic E-state index is 0. The van der Waals surface area contributed by atoms with Crippen LogP contribution in [-0.2, 0) is 7.05 Å². The fourth-order valence-electron chi connectivity index (χ4n) is 3.33. The van der Waals surface area contributed by atoms with E-state index in [1.807, 2.05) is 23.7 Å². The fourth-order valence-corrected chi connectivity index (χ4v) is 3.51. The maximum absolute atomic E-state index is 6.29. The van der Waals surface area contributed by atoms with Gasteiger partial charge in [0.25, 0.3) is 0 Å². The summed E-state index contributed by atoms with van der Waals surface area (Å²) in [6.45, 7) is 2.17. The number of aromatic nitrogens is 2. The van der Waals surface area contributed by atoms with Gasteiger partial charge in [0.15, 0.2) is 12.4 Å². The molecular formula is C21H18ClIN2. The number of nitrogens with zero attached hydrogens (tertiary/aromatic N) is 2. The van der Waals surface area contributed by atoms with Crippen molar-refractivity contribution in [1.82, 2.24) is 4.57 Å². The third kappa shape index (κ3) is 3.18. The van der Waals surface area contributed by atoms with Crippen LogP contribution in [0.2, 0.25) is 5.02 Å². The Bertz CT molecular complexity index is 1020. The number of benzene rings is 2. The van der Waals surface area contributed by atoms with Crippen molar-refractivity contribution >= 4 is 22.5 Å². The molecule has 4 rings (SSSR count). The highest BCUT2D eigenvalue weighted by Crippen LogP contribution is 2.37. The van der Waals surface area contributed by atoms with E-state index in [4.69, 9.17) is 11.6 Å². The molecule has 0 radical (unpaired) electrons. The second kappa shape index (κ2) is 7.18. The summed E-state index contributed by atoms with van der Waals surface area (Å²) in [4.78, 5) is 0. The van der Waals surface area contributed by atoms with Crippen LogP contribution >= 0.6 is 11.6 Å². The predicted octanol–water partition coefficient (Wildman–Crippen LogP) is 2.09. The summed E-state index contributed by atoms with van der Waals surface area (Å²) in [6, 6.07) is 20.9. The van der Waals surface area contributed by atoms with Crippen molar-refractivity contribution in [3.8, 4) is 16.8 Å². The molecule has 0 aliphatic carbocycles. The first-order chi connectivity index (χ1) is 11.6. The average Bonchev–Trinajstić information content (AvgIpc) is 2.88. The molecule has 4 heteroatoms. The van der Waals surface area contributed by atoms with Crippen molar-refractivity contribution in [2.75, 3.05) is 0 Å². The van der Waals surface area contributed by atoms with E-state index in [0.29, 0.717) is 0 Å². The van der Waals surface area contributed by atoms with E-state index in [9.17, 15) is 0 Å². The van der Waals surface area contributed by atoms with Gasteiger partial charge >= 0.3 is 0 Å². The number of aryl methyl sites for hydroxylation is 1. The maximum Gasteiger partial charge on any atom is 0.170 e. The van der Waals surface area contributed by atoms with Gasteiger partial charge in [0.1, 0.15) is 7.05 Å². The van der Waals surface area contributed by atoms with Crippen LogP contribution in [0.4, 0.5) is 0 Å². The molecule has 0 fully saturated rings. The summed E-state index contributed by atoms with van der Waals surface area (Å²) < 4.78 is 4.34. The summed E-state index contributed by atoms with van der Waals surface area (Å²) in [5.41, 5.74) is 5.99. The lowest BCUT2D eigenvalue weighted by atomic mass is 10.0. The van der Waals surface area contributed by atoms with Crippen molar-refractivity contribution in [2.24, 2.45) is 7.05 Å². The molecule has 126 valence electrons. The molecule has 2 nitrogen and oxygen atoms in total. The van der Waals surface area contributed by atoms with Gasteiger partial charge in [-0.25, -0.2) is 4.57 Å². The molecule has 4 aromatic rings. The molecule has 25 heavy (non-hydrogen) atoms. The third-order valence-corrected chi connectivity index (χ3v) is 4.68. The Labute approximate surface area is 169 Å². The lowest BCUT2D eigenvalue weighted by Gasteiger charge is -2.08. The number of fused-ring (bicyclic) bond motifs is 1. The quantitative estimate of drug-likeness (QED) is 0.320. The van der Waals surface area contributed by atoms with E-state index in [1.165, 1.54) is 27.7 Å². The van der Waals surface area contributed by atoms with Crippen molar-refractivity contribution < 1.29 is 28.5 Å². The van der Waals surface area contributed by atoms with E-state index in [0.717, 1.165) is 10.7 Å². The molecule has 0 saturated heterocycles. The molecule has 0 amide bonds. The zero-order chi connectivity index (χ0) is 16.7. The number of hydrogen-bond donors (Lipinski definition) is 0. The molecule has 0 aliphatic heterocycles. The van der Waals surface area contributed by atoms with Crippen LogP contribution in [0.3, 0.4) is 0 Å². The molecule has 0 saturated carbocycles. The van der Waals surface area contributed by atoms with Crippen LogP contribution in [0, 0.1) is 6.92 Å². The van der Waals surface area contributed by atoms with E-state index in [2.05, 4.69) is 72.4 Å². The summed E-state index contributed by atoms with van der Waals surface area (Å²) in [7, 11) is 2.03. The molecule has 2 heterocycles. The Kier molecular flexibility index (Phi) is 5.16. The summed E-state index contributed by atoms with van der Waals surface area (Å²) in [5, 5.41) is 1.94. The Balaban J connectivity index is 0.00000182. The standard InChI is InChI=1S/C21H18ClN2.HI/c1-15-21(16-6-4-3-5-7-16)19-14-17(22)8-9-20(19)24(15)18-10-12-23(2)13-11-18;/h3-14H,1-2H3;1H/q+1;/p-1. The van der Waals surface area contributed by atoms with Crippen LogP contribution in [-0.4, -0.2) is 4.57 Å². The molecule has 0 aliphatic rings. The first-order valence-electron chi connectivity index (χ1n) is 7.97. The second-order valence-electron chi connectivity index (χ2n) is 6.05. The Morgan fingerprint density at radius 1 is 0.920 bits per heavy atom. The van der Waals surface area contributed by atoms with Gasteiger partial charge in [-0.05, 0) is 30.7 Å². The minimum Gasteiger partial charge on any atom is -1.00 e. The van der Waals surface area contributed by atoms with Gasteiger partial charge in [0.05, 0.1) is 11.2 Å². The molecule has 0 bridgehead atoms. The topological polar surface area (TPSA) is 8.81 Å². The van der Waals surface area contributed by atoms with Crippen molar-refractivity contribution in [1.29, 1.82) is 0 Å². The van der Waals surface area contributed by atoms with E-state index >= 15 is 0 Å². The molecule has 0 spiro atoms. The molecular weight excluding hydrogens is 443 g/mol. The van der Waals surface area contributed by atoms with E-state index in [1.54, 1.807) is 0 Å². The number of halogens is 2. The average molecular weight is 461 g/mol. The highest BCUT2D eigenvalue weighted by molar-refractivity contribution is 6.31. The van der Waals surface area contributed by atoms with Crippen molar-refractivity contribution in [3.63, 3.8) is 0 Å². The van der Waals surface area contributed by atoms with Crippen LogP contribution in [0.5, 0.6) is 0 Å². The summed E-state index contributed by atoms with van der Waals surface area (Å²) >= 11 is 6.29. The molecule has 0 atom stereocenters. The van der Waals surface area contributed by atoms with Crippen LogP contribution in [0.15, 0.2) is 73.1 Å². The van der Waals surface area contributed by atoms with Crippen LogP contribution in [0.1, 0.15) is 5.69 Å². The largest absolute Gasteiger partial charge is 1.00 e. The number of hydrogen-bond acceptors (Lipinski definition) is 0. The highest BCUT2D eigenvalue weighted by Gasteiger charge is 2.17. The zero-order valence-electron chi connectivity index (χ0n) is 14.1. The van der Waals surface area contributed by atoms with Crippen LogP contribution < -0.4 is 28.5 Å². The lowest BCUT2D eigenvalue weighted by Crippen LogP contribution is -3.00. The first-order valence-corrected chi connectivity index (χ1v) is 8.34. The zero-order valence-corrected chi connectivity index (χ0v) is 17.0. The van der Waals surface area contributed by atoms with Crippen molar-refractivity contribution in [2.45, 2.75) is 6.92 Å². The lowest BCUT2D eigenvalue weighted by molar-refractivity contribution is -0.671. The molecule has 0 unspecified atom stereocenters. The summed E-state index contributed by atoms with van der Waals surface area (Å²) in [5.74, 6) is 0. The van der Waals surface area contributed by atoms with Gasteiger partial charge in [-0.2, -0.15) is 0 Å². The van der Waals surface area contributed by atoms with Gasteiger partial charge in [-0.3, -0.25) is 0 Å². The van der Waals surface area contributed by atoms with Crippen molar-refractivity contribution in [3.05, 3.63) is 83.8 Å². The van der Waals surface area contributed by atoms with E-state index < -0.39 is 0 Å². The maximum atomic E-state index is 6.29. The fraction of sp³-hybridized carbons (Fsp3) is 0.0952. The second-order valence-corrected chi connectivity index (χ2v) is 6.48. The molecule has 2 aromatic carbocycles. The van der Waals surface area contributed by atoms with Gasteiger partial charge in [0, 0.05) is 33.8 Å². The smallest absolute Gasteiger partial charge is 0.170 e. The predicted molar refractivity (Wildman–Crippen MR) is 99.6 cm³/mol. The molecule has 2 aromatic heterocycles. The monoisotopic (exact) mass is 460 g/mol. The Morgan fingerprint density at radius 2 is 1.60 bits per heavy atom. The van der Waals surface area contributed by atoms with Gasteiger partial charge in [-0.1, -0.05) is 41.9 Å². The summed E-state index contributed by atoms with van der Waals surface area (Å²) in [6.07, 6.45) is 4.14. The minimum absolute atomic E-state index is 0.